The lowest BCUT2D eigenvalue weighted by molar-refractivity contribution is -0.384. The molecule has 0 radical (unpaired) electrons. The molecule has 1 amide bonds. The fraction of sp³-hybridized carbons (Fsp3) is 0.188. The number of nitrogens with one attached hydrogen (secondary N) is 1. The molecule has 0 aliphatic carbocycles. The number of nitro groups is 1. The lowest BCUT2D eigenvalue weighted by Crippen LogP contribution is -2.13. The zero-order valence-electron chi connectivity index (χ0n) is 13.1. The Morgan fingerprint density at radius 1 is 1.24 bits per heavy atom. The van der Waals surface area contributed by atoms with Gasteiger partial charge in [0.05, 0.1) is 11.5 Å². The van der Waals surface area contributed by atoms with Gasteiger partial charge in [-0.2, -0.15) is 8.78 Å². The fourth-order valence-electron chi connectivity index (χ4n) is 2.01. The number of anilines is 1. The van der Waals surface area contributed by atoms with Crippen molar-refractivity contribution in [3.8, 4) is 11.5 Å². The number of hydrogen-bond donors (Lipinski definition) is 1. The zero-order valence-corrected chi connectivity index (χ0v) is 13.1. The summed E-state index contributed by atoms with van der Waals surface area (Å²) in [6.07, 6.45) is 0. The van der Waals surface area contributed by atoms with Crippen LogP contribution in [-0.4, -0.2) is 24.0 Å². The zero-order chi connectivity index (χ0) is 18.4. The van der Waals surface area contributed by atoms with E-state index < -0.39 is 17.4 Å². The molecule has 7 nitrogen and oxygen atoms in total. The lowest BCUT2D eigenvalue weighted by Gasteiger charge is -2.12. The molecule has 1 N–H and O–H groups in total. The third kappa shape index (κ3) is 4.87. The second kappa shape index (κ2) is 8.04. The van der Waals surface area contributed by atoms with Crippen molar-refractivity contribution < 1.29 is 28.0 Å². The fourth-order valence-corrected chi connectivity index (χ4v) is 2.01. The van der Waals surface area contributed by atoms with Gasteiger partial charge in [-0.05, 0) is 31.2 Å². The van der Waals surface area contributed by atoms with Gasteiger partial charge in [0, 0.05) is 23.4 Å². The van der Waals surface area contributed by atoms with Gasteiger partial charge in [-0.25, -0.2) is 0 Å². The van der Waals surface area contributed by atoms with E-state index in [4.69, 9.17) is 4.74 Å². The van der Waals surface area contributed by atoms with Crippen molar-refractivity contribution >= 4 is 17.3 Å². The second-order valence-corrected chi connectivity index (χ2v) is 4.73. The molecule has 0 atom stereocenters. The SMILES string of the molecule is CCOc1cc(C(=O)Nc2cccc([N+](=O)[O-])c2)ccc1OC(F)F. The summed E-state index contributed by atoms with van der Waals surface area (Å²) in [6.45, 7) is -1.18. The Bertz CT molecular complexity index is 783. The number of amides is 1. The van der Waals surface area contributed by atoms with Crippen molar-refractivity contribution in [1.29, 1.82) is 0 Å². The van der Waals surface area contributed by atoms with Crippen LogP contribution in [0.4, 0.5) is 20.2 Å². The summed E-state index contributed by atoms with van der Waals surface area (Å²) in [5.41, 5.74) is 0.176. The van der Waals surface area contributed by atoms with Gasteiger partial charge in [0.2, 0.25) is 0 Å². The molecule has 0 unspecified atom stereocenters. The Balaban J connectivity index is 2.22. The molecule has 25 heavy (non-hydrogen) atoms. The number of nitro benzene ring substituents is 1. The molecule has 132 valence electrons. The molecule has 0 heterocycles. The molecule has 0 fully saturated rings. The average molecular weight is 352 g/mol. The van der Waals surface area contributed by atoms with Crippen LogP contribution in [0.25, 0.3) is 0 Å². The van der Waals surface area contributed by atoms with Crippen molar-refractivity contribution in [1.82, 2.24) is 0 Å². The quantitative estimate of drug-likeness (QED) is 0.604. The molecular formula is C16H14F2N2O5. The summed E-state index contributed by atoms with van der Waals surface area (Å²) in [6, 6.07) is 9.15. The molecule has 0 aromatic heterocycles. The minimum atomic E-state index is -3.02. The summed E-state index contributed by atoms with van der Waals surface area (Å²) in [5, 5.41) is 13.2. The van der Waals surface area contributed by atoms with Crippen LogP contribution in [0.15, 0.2) is 42.5 Å². The van der Waals surface area contributed by atoms with E-state index in [0.29, 0.717) is 0 Å². The number of halogens is 2. The monoisotopic (exact) mass is 352 g/mol. The van der Waals surface area contributed by atoms with E-state index in [0.717, 1.165) is 0 Å². The van der Waals surface area contributed by atoms with Crippen LogP contribution in [0.1, 0.15) is 17.3 Å². The maximum Gasteiger partial charge on any atom is 0.387 e. The third-order valence-electron chi connectivity index (χ3n) is 3.04. The molecule has 0 bridgehead atoms. The van der Waals surface area contributed by atoms with E-state index in [1.54, 1.807) is 6.92 Å². The van der Waals surface area contributed by atoms with E-state index in [2.05, 4.69) is 10.1 Å². The molecule has 0 saturated heterocycles. The van der Waals surface area contributed by atoms with Gasteiger partial charge >= 0.3 is 6.61 Å². The van der Waals surface area contributed by atoms with Crippen molar-refractivity contribution in [2.24, 2.45) is 0 Å². The number of alkyl halides is 2. The maximum atomic E-state index is 12.4. The van der Waals surface area contributed by atoms with Crippen LogP contribution in [-0.2, 0) is 0 Å². The average Bonchev–Trinajstić information content (AvgIpc) is 2.56. The summed E-state index contributed by atoms with van der Waals surface area (Å²) in [7, 11) is 0. The van der Waals surface area contributed by atoms with Crippen molar-refractivity contribution in [2.75, 3.05) is 11.9 Å². The summed E-state index contributed by atoms with van der Waals surface area (Å²) < 4.78 is 34.3. The van der Waals surface area contributed by atoms with E-state index in [1.807, 2.05) is 0 Å². The van der Waals surface area contributed by atoms with Crippen LogP contribution in [0.2, 0.25) is 0 Å². The summed E-state index contributed by atoms with van der Waals surface area (Å²) in [5.74, 6) is -0.775. The number of non-ortho nitro benzene ring substituents is 1. The van der Waals surface area contributed by atoms with Gasteiger partial charge in [0.15, 0.2) is 11.5 Å². The number of carbonyl (C=O) groups excluding carboxylic acids is 1. The van der Waals surface area contributed by atoms with Gasteiger partial charge in [0.25, 0.3) is 11.6 Å². The van der Waals surface area contributed by atoms with Crippen LogP contribution in [0.3, 0.4) is 0 Å². The van der Waals surface area contributed by atoms with Gasteiger partial charge < -0.3 is 14.8 Å². The van der Waals surface area contributed by atoms with E-state index in [1.165, 1.54) is 42.5 Å². The first-order valence-corrected chi connectivity index (χ1v) is 7.18. The number of benzene rings is 2. The predicted molar refractivity (Wildman–Crippen MR) is 85.3 cm³/mol. The van der Waals surface area contributed by atoms with E-state index in [9.17, 15) is 23.7 Å². The molecule has 0 aliphatic rings. The Hall–Kier alpha value is -3.23. The molecule has 0 saturated carbocycles. The first kappa shape index (κ1) is 18.1. The van der Waals surface area contributed by atoms with E-state index >= 15 is 0 Å². The molecule has 2 aromatic carbocycles. The molecule has 0 spiro atoms. The van der Waals surface area contributed by atoms with Crippen LogP contribution in [0, 0.1) is 10.1 Å². The van der Waals surface area contributed by atoms with Crippen molar-refractivity contribution in [3.05, 3.63) is 58.1 Å². The largest absolute Gasteiger partial charge is 0.490 e. The Kier molecular flexibility index (Phi) is 5.83. The topological polar surface area (TPSA) is 90.7 Å². The maximum absolute atomic E-state index is 12.4. The molecule has 2 rings (SSSR count). The normalized spacial score (nSPS) is 10.4. The Labute approximate surface area is 141 Å². The highest BCUT2D eigenvalue weighted by Gasteiger charge is 2.15. The van der Waals surface area contributed by atoms with Crippen LogP contribution in [0.5, 0.6) is 11.5 Å². The lowest BCUT2D eigenvalue weighted by atomic mass is 10.1. The molecule has 2 aromatic rings. The highest BCUT2D eigenvalue weighted by Crippen LogP contribution is 2.30. The number of carbonyl (C=O) groups is 1. The standard InChI is InChI=1S/C16H14F2N2O5/c1-2-24-14-8-10(6-7-13(14)25-16(17)18)15(21)19-11-4-3-5-12(9-11)20(22)23/h3-9,16H,2H2,1H3,(H,19,21). The van der Waals surface area contributed by atoms with Gasteiger partial charge in [0.1, 0.15) is 0 Å². The first-order valence-electron chi connectivity index (χ1n) is 7.18. The minimum Gasteiger partial charge on any atom is -0.490 e. The van der Waals surface area contributed by atoms with Gasteiger partial charge in [-0.15, -0.1) is 0 Å². The number of rotatable bonds is 7. The Morgan fingerprint density at radius 2 is 2.00 bits per heavy atom. The van der Waals surface area contributed by atoms with Gasteiger partial charge in [-0.1, -0.05) is 6.07 Å². The molecule has 0 aliphatic heterocycles. The molecular weight excluding hydrogens is 338 g/mol. The highest BCUT2D eigenvalue weighted by molar-refractivity contribution is 6.04. The summed E-state index contributed by atoms with van der Waals surface area (Å²) >= 11 is 0. The van der Waals surface area contributed by atoms with Crippen LogP contribution < -0.4 is 14.8 Å². The van der Waals surface area contributed by atoms with E-state index in [-0.39, 0.29) is 35.0 Å². The summed E-state index contributed by atoms with van der Waals surface area (Å²) in [4.78, 5) is 22.4. The number of hydrogen-bond acceptors (Lipinski definition) is 5. The van der Waals surface area contributed by atoms with Crippen molar-refractivity contribution in [3.63, 3.8) is 0 Å². The minimum absolute atomic E-state index is 0.00510. The second-order valence-electron chi connectivity index (χ2n) is 4.73. The predicted octanol–water partition coefficient (Wildman–Crippen LogP) is 3.85. The molecule has 9 heteroatoms. The number of nitrogens with zero attached hydrogens (tertiary/aromatic N) is 1. The first-order chi connectivity index (χ1) is 11.9. The Morgan fingerprint density at radius 3 is 2.64 bits per heavy atom. The van der Waals surface area contributed by atoms with Crippen molar-refractivity contribution in [2.45, 2.75) is 13.5 Å². The highest BCUT2D eigenvalue weighted by atomic mass is 19.3. The smallest absolute Gasteiger partial charge is 0.387 e. The number of ether oxygens (including phenoxy) is 2. The van der Waals surface area contributed by atoms with Crippen LogP contribution >= 0.6 is 0 Å². The van der Waals surface area contributed by atoms with Gasteiger partial charge in [-0.3, -0.25) is 14.9 Å². The third-order valence-corrected chi connectivity index (χ3v) is 3.04.